The van der Waals surface area contributed by atoms with E-state index in [0.717, 1.165) is 53.8 Å². The van der Waals surface area contributed by atoms with E-state index in [9.17, 15) is 4.79 Å². The largest absolute Gasteiger partial charge is 0.497 e. The summed E-state index contributed by atoms with van der Waals surface area (Å²) in [6.07, 6.45) is 3.56. The second kappa shape index (κ2) is 8.27. The van der Waals surface area contributed by atoms with Crippen molar-refractivity contribution in [2.45, 2.75) is 32.2 Å². The molecule has 7 heteroatoms. The van der Waals surface area contributed by atoms with Crippen molar-refractivity contribution in [1.29, 1.82) is 0 Å². The Bertz CT molecular complexity index is 876. The number of rotatable bonds is 5. The molecule has 0 atom stereocenters. The zero-order valence-corrected chi connectivity index (χ0v) is 17.5. The molecule has 4 rings (SSSR count). The van der Waals surface area contributed by atoms with Crippen molar-refractivity contribution < 1.29 is 9.53 Å². The third kappa shape index (κ3) is 4.13. The van der Waals surface area contributed by atoms with Gasteiger partial charge in [0.1, 0.15) is 11.6 Å². The van der Waals surface area contributed by atoms with Crippen molar-refractivity contribution in [3.8, 4) is 5.75 Å². The molecule has 2 aliphatic heterocycles. The third-order valence-corrected chi connectivity index (χ3v) is 5.71. The number of amides is 1. The first-order valence-corrected chi connectivity index (χ1v) is 10.3. The first kappa shape index (κ1) is 19.5. The quantitative estimate of drug-likeness (QED) is 0.774. The minimum atomic E-state index is 0.133. The average Bonchev–Trinajstić information content (AvgIpc) is 3.28. The van der Waals surface area contributed by atoms with Crippen LogP contribution in [0.25, 0.3) is 0 Å². The van der Waals surface area contributed by atoms with Crippen LogP contribution in [0.4, 0.5) is 11.8 Å². The molecule has 0 aliphatic carbocycles. The highest BCUT2D eigenvalue weighted by atomic mass is 16.5. The van der Waals surface area contributed by atoms with Gasteiger partial charge in [-0.2, -0.15) is 4.98 Å². The third-order valence-electron chi connectivity index (χ3n) is 5.71. The van der Waals surface area contributed by atoms with Gasteiger partial charge in [0.25, 0.3) is 0 Å². The fraction of sp³-hybridized carbons (Fsp3) is 0.500. The summed E-state index contributed by atoms with van der Waals surface area (Å²) in [6, 6.07) is 7.69. The van der Waals surface area contributed by atoms with Gasteiger partial charge in [-0.25, -0.2) is 4.98 Å². The Labute approximate surface area is 172 Å². The van der Waals surface area contributed by atoms with Gasteiger partial charge < -0.3 is 19.4 Å². The summed E-state index contributed by atoms with van der Waals surface area (Å²) < 4.78 is 5.19. The molecule has 1 amide bonds. The highest BCUT2D eigenvalue weighted by Crippen LogP contribution is 2.29. The zero-order chi connectivity index (χ0) is 20.4. The molecule has 154 valence electrons. The molecular weight excluding hydrogens is 366 g/mol. The van der Waals surface area contributed by atoms with Crippen molar-refractivity contribution in [3.63, 3.8) is 0 Å². The van der Waals surface area contributed by atoms with Crippen LogP contribution in [0.2, 0.25) is 0 Å². The van der Waals surface area contributed by atoms with Crippen LogP contribution in [0.1, 0.15) is 29.7 Å². The first-order chi connectivity index (χ1) is 14.0. The number of methoxy groups -OCH3 is 1. The van der Waals surface area contributed by atoms with Crippen molar-refractivity contribution in [1.82, 2.24) is 14.9 Å². The lowest BCUT2D eigenvalue weighted by Gasteiger charge is -2.32. The van der Waals surface area contributed by atoms with Crippen LogP contribution in [0, 0.1) is 0 Å². The van der Waals surface area contributed by atoms with Gasteiger partial charge >= 0.3 is 0 Å². The fourth-order valence-corrected chi connectivity index (χ4v) is 4.06. The van der Waals surface area contributed by atoms with Gasteiger partial charge in [-0.05, 0) is 30.5 Å². The molecule has 1 fully saturated rings. The highest BCUT2D eigenvalue weighted by Gasteiger charge is 2.27. The molecule has 3 heterocycles. The van der Waals surface area contributed by atoms with Crippen LogP contribution in [-0.4, -0.2) is 61.6 Å². The summed E-state index contributed by atoms with van der Waals surface area (Å²) in [4.78, 5) is 28.9. The maximum atomic E-state index is 12.9. The zero-order valence-electron chi connectivity index (χ0n) is 17.5. The Hall–Kier alpha value is -2.83. The summed E-state index contributed by atoms with van der Waals surface area (Å²) in [5.74, 6) is 2.70. The predicted molar refractivity (Wildman–Crippen MR) is 114 cm³/mol. The molecule has 2 aliphatic rings. The van der Waals surface area contributed by atoms with Crippen molar-refractivity contribution in [2.24, 2.45) is 0 Å². The van der Waals surface area contributed by atoms with Crippen LogP contribution in [0.5, 0.6) is 5.75 Å². The molecule has 0 N–H and O–H groups in total. The van der Waals surface area contributed by atoms with E-state index in [1.807, 2.05) is 48.2 Å². The summed E-state index contributed by atoms with van der Waals surface area (Å²) in [7, 11) is 5.66. The molecule has 0 spiro atoms. The molecule has 7 nitrogen and oxygen atoms in total. The number of anilines is 2. The minimum absolute atomic E-state index is 0.133. The molecule has 1 aromatic heterocycles. The lowest BCUT2D eigenvalue weighted by molar-refractivity contribution is -0.131. The maximum Gasteiger partial charge on any atom is 0.227 e. The number of nitrogens with zero attached hydrogens (tertiary/aromatic N) is 5. The smallest absolute Gasteiger partial charge is 0.227 e. The Morgan fingerprint density at radius 3 is 2.48 bits per heavy atom. The van der Waals surface area contributed by atoms with Gasteiger partial charge in [-0.1, -0.05) is 12.1 Å². The van der Waals surface area contributed by atoms with E-state index < -0.39 is 0 Å². The topological polar surface area (TPSA) is 61.8 Å². The Morgan fingerprint density at radius 2 is 1.83 bits per heavy atom. The average molecular weight is 396 g/mol. The lowest BCUT2D eigenvalue weighted by atomic mass is 10.0. The van der Waals surface area contributed by atoms with E-state index in [1.165, 1.54) is 12.8 Å². The lowest BCUT2D eigenvalue weighted by Crippen LogP contribution is -2.38. The first-order valence-electron chi connectivity index (χ1n) is 10.3. The van der Waals surface area contributed by atoms with Crippen molar-refractivity contribution in [2.75, 3.05) is 50.6 Å². The second-order valence-electron chi connectivity index (χ2n) is 7.95. The molecule has 0 bridgehead atoms. The van der Waals surface area contributed by atoms with Crippen LogP contribution in [0.3, 0.4) is 0 Å². The van der Waals surface area contributed by atoms with Crippen LogP contribution in [0.15, 0.2) is 24.3 Å². The normalized spacial score (nSPS) is 16.0. The van der Waals surface area contributed by atoms with E-state index >= 15 is 0 Å². The fourth-order valence-electron chi connectivity index (χ4n) is 4.06. The molecule has 29 heavy (non-hydrogen) atoms. The van der Waals surface area contributed by atoms with Gasteiger partial charge in [0, 0.05) is 45.7 Å². The molecule has 1 aromatic carbocycles. The predicted octanol–water partition coefficient (Wildman–Crippen LogP) is 2.28. The van der Waals surface area contributed by atoms with Gasteiger partial charge in [0.05, 0.1) is 25.8 Å². The van der Waals surface area contributed by atoms with Gasteiger partial charge in [-0.15, -0.1) is 0 Å². The number of aromatic nitrogens is 2. The number of hydrogen-bond acceptors (Lipinski definition) is 6. The summed E-state index contributed by atoms with van der Waals surface area (Å²) in [5.41, 5.74) is 3.15. The van der Waals surface area contributed by atoms with Crippen molar-refractivity contribution in [3.05, 3.63) is 41.1 Å². The Morgan fingerprint density at radius 1 is 1.10 bits per heavy atom. The number of hydrogen-bond donors (Lipinski definition) is 0. The van der Waals surface area contributed by atoms with Crippen LogP contribution in [-0.2, 0) is 24.2 Å². The van der Waals surface area contributed by atoms with Crippen LogP contribution >= 0.6 is 0 Å². The number of ether oxygens (including phenoxy) is 1. The number of fused-ring (bicyclic) bond motifs is 1. The maximum absolute atomic E-state index is 12.9. The highest BCUT2D eigenvalue weighted by molar-refractivity contribution is 5.79. The number of carbonyl (C=O) groups excluding carboxylic acids is 1. The van der Waals surface area contributed by atoms with Gasteiger partial charge in [0.2, 0.25) is 11.9 Å². The molecule has 0 unspecified atom stereocenters. The molecule has 1 saturated heterocycles. The van der Waals surface area contributed by atoms with E-state index in [1.54, 1.807) is 7.11 Å². The van der Waals surface area contributed by atoms with Crippen LogP contribution < -0.4 is 14.5 Å². The summed E-state index contributed by atoms with van der Waals surface area (Å²) in [5, 5.41) is 0. The minimum Gasteiger partial charge on any atom is -0.497 e. The van der Waals surface area contributed by atoms with Gasteiger partial charge in [0.15, 0.2) is 0 Å². The number of carbonyl (C=O) groups is 1. The Kier molecular flexibility index (Phi) is 5.56. The van der Waals surface area contributed by atoms with E-state index in [0.29, 0.717) is 19.5 Å². The standard InChI is InChI=1S/C22H29N5O2/c1-25(2)21-18-15-27(20(28)14-16-6-8-17(29-3)9-7-16)13-10-19(18)23-22(24-21)26-11-4-5-12-26/h6-9H,4-5,10-15H2,1-3H3. The van der Waals surface area contributed by atoms with Gasteiger partial charge in [-0.3, -0.25) is 4.79 Å². The summed E-state index contributed by atoms with van der Waals surface area (Å²) in [6.45, 7) is 3.32. The SMILES string of the molecule is COc1ccc(CC(=O)N2CCc3nc(N4CCCC4)nc(N(C)C)c3C2)cc1. The van der Waals surface area contributed by atoms with E-state index in [4.69, 9.17) is 14.7 Å². The van der Waals surface area contributed by atoms with E-state index in [2.05, 4.69) is 4.90 Å². The molecule has 0 radical (unpaired) electrons. The summed E-state index contributed by atoms with van der Waals surface area (Å²) >= 11 is 0. The number of benzene rings is 1. The monoisotopic (exact) mass is 395 g/mol. The second-order valence-corrected chi connectivity index (χ2v) is 7.95. The molecule has 0 saturated carbocycles. The molecular formula is C22H29N5O2. The molecule has 2 aromatic rings. The Balaban J connectivity index is 1.52. The van der Waals surface area contributed by atoms with Crippen molar-refractivity contribution >= 4 is 17.7 Å². The van der Waals surface area contributed by atoms with E-state index in [-0.39, 0.29) is 5.91 Å².